The molecular formula is C4H7N5O. The predicted molar refractivity (Wildman–Crippen MR) is 34.9 cm³/mol. The highest BCUT2D eigenvalue weighted by molar-refractivity contribution is 5.96. The van der Waals surface area contributed by atoms with Crippen molar-refractivity contribution < 1.29 is 4.79 Å². The monoisotopic (exact) mass is 141 g/mol. The molecule has 1 aliphatic rings. The Hall–Kier alpha value is -1.72. The molecule has 0 bridgehead atoms. The quantitative estimate of drug-likeness (QED) is 0.369. The van der Waals surface area contributed by atoms with Crippen molar-refractivity contribution in [1.82, 2.24) is 10.5 Å². The van der Waals surface area contributed by atoms with Crippen LogP contribution in [0, 0.1) is 0 Å². The molecule has 5 N–H and O–H groups in total. The van der Waals surface area contributed by atoms with Crippen LogP contribution in [-0.2, 0) is 4.79 Å². The lowest BCUT2D eigenvalue weighted by Crippen LogP contribution is -2.38. The number of nitrogens with zero attached hydrogens (tertiary/aromatic N) is 2. The highest BCUT2D eigenvalue weighted by atomic mass is 16.1. The third-order valence-electron chi connectivity index (χ3n) is 0.973. The van der Waals surface area contributed by atoms with Crippen LogP contribution in [0.3, 0.4) is 0 Å². The van der Waals surface area contributed by atoms with Crippen molar-refractivity contribution in [2.75, 3.05) is 0 Å². The van der Waals surface area contributed by atoms with E-state index >= 15 is 0 Å². The van der Waals surface area contributed by atoms with Crippen molar-refractivity contribution >= 4 is 12.2 Å². The zero-order valence-electron chi connectivity index (χ0n) is 5.11. The number of carbonyl (C=O) groups excluding carboxylic acids is 1. The fourth-order valence-corrected chi connectivity index (χ4v) is 0.475. The van der Waals surface area contributed by atoms with Crippen molar-refractivity contribution in [2.24, 2.45) is 16.6 Å². The highest BCUT2D eigenvalue weighted by Gasteiger charge is 2.06. The first-order valence-corrected chi connectivity index (χ1v) is 2.54. The number of amidine groups is 1. The van der Waals surface area contributed by atoms with Gasteiger partial charge in [0, 0.05) is 0 Å². The Morgan fingerprint density at radius 2 is 2.40 bits per heavy atom. The normalized spacial score (nSPS) is 17.0. The summed E-state index contributed by atoms with van der Waals surface area (Å²) in [6.07, 6.45) is 1.87. The van der Waals surface area contributed by atoms with Gasteiger partial charge in [0.2, 0.25) is 6.41 Å². The maximum Gasteiger partial charge on any atom is 0.233 e. The Labute approximate surface area is 57.1 Å². The molecule has 1 amide bonds. The van der Waals surface area contributed by atoms with E-state index in [-0.39, 0.29) is 11.5 Å². The van der Waals surface area contributed by atoms with Crippen molar-refractivity contribution in [3.05, 3.63) is 11.9 Å². The van der Waals surface area contributed by atoms with Gasteiger partial charge in [-0.25, -0.2) is 10.5 Å². The molecular weight excluding hydrogens is 134 g/mol. The van der Waals surface area contributed by atoms with E-state index in [9.17, 15) is 4.79 Å². The van der Waals surface area contributed by atoms with Gasteiger partial charge < -0.3 is 11.5 Å². The van der Waals surface area contributed by atoms with Crippen molar-refractivity contribution in [2.45, 2.75) is 0 Å². The third-order valence-corrected chi connectivity index (χ3v) is 0.973. The number of hydrazone groups is 1. The third kappa shape index (κ3) is 0.993. The molecule has 1 rings (SSSR count). The van der Waals surface area contributed by atoms with Gasteiger partial charge in [0.1, 0.15) is 0 Å². The molecule has 6 nitrogen and oxygen atoms in total. The second-order valence-electron chi connectivity index (χ2n) is 1.69. The van der Waals surface area contributed by atoms with Gasteiger partial charge in [0.05, 0.1) is 11.9 Å². The van der Waals surface area contributed by atoms with Crippen molar-refractivity contribution in [3.8, 4) is 0 Å². The molecule has 0 fully saturated rings. The van der Waals surface area contributed by atoms with Crippen LogP contribution in [0.4, 0.5) is 0 Å². The number of amides is 1. The summed E-state index contributed by atoms with van der Waals surface area (Å²) in [7, 11) is 0. The van der Waals surface area contributed by atoms with Gasteiger partial charge in [0.25, 0.3) is 0 Å². The van der Waals surface area contributed by atoms with Crippen molar-refractivity contribution in [1.29, 1.82) is 0 Å². The summed E-state index contributed by atoms with van der Waals surface area (Å²) < 4.78 is 0. The first kappa shape index (κ1) is 6.40. The lowest BCUT2D eigenvalue weighted by Gasteiger charge is -2.16. The van der Waals surface area contributed by atoms with Gasteiger partial charge in [-0.05, 0) is 0 Å². The number of hydrogen-bond donors (Lipinski definition) is 3. The van der Waals surface area contributed by atoms with E-state index in [1.54, 1.807) is 0 Å². The summed E-state index contributed by atoms with van der Waals surface area (Å²) in [4.78, 5) is 10.1. The second-order valence-corrected chi connectivity index (χ2v) is 1.69. The molecule has 1 heterocycles. The van der Waals surface area contributed by atoms with Crippen LogP contribution in [0.25, 0.3) is 0 Å². The number of nitrogens with two attached hydrogens (primary N) is 2. The topological polar surface area (TPSA) is 96.7 Å². The molecule has 6 heteroatoms. The predicted octanol–water partition coefficient (Wildman–Crippen LogP) is -1.96. The molecule has 0 atom stereocenters. The van der Waals surface area contributed by atoms with Gasteiger partial charge in [-0.1, -0.05) is 0 Å². The van der Waals surface area contributed by atoms with Crippen LogP contribution in [-0.4, -0.2) is 17.3 Å². The number of rotatable bonds is 1. The number of carbonyl (C=O) groups is 1. The largest absolute Gasteiger partial charge is 0.394 e. The smallest absolute Gasteiger partial charge is 0.233 e. The maximum absolute atomic E-state index is 10.1. The van der Waals surface area contributed by atoms with Gasteiger partial charge >= 0.3 is 0 Å². The molecule has 0 unspecified atom stereocenters. The van der Waals surface area contributed by atoms with Crippen LogP contribution in [0.2, 0.25) is 0 Å². The minimum absolute atomic E-state index is 0.179. The van der Waals surface area contributed by atoms with Crippen LogP contribution in [0.1, 0.15) is 0 Å². The Morgan fingerprint density at radius 3 is 2.90 bits per heavy atom. The second kappa shape index (κ2) is 2.26. The van der Waals surface area contributed by atoms with E-state index in [1.165, 1.54) is 6.20 Å². The molecule has 0 aromatic rings. The van der Waals surface area contributed by atoms with Gasteiger partial charge in [-0.3, -0.25) is 4.79 Å². The molecule has 54 valence electrons. The van der Waals surface area contributed by atoms with E-state index in [0.717, 1.165) is 5.01 Å². The molecule has 1 aliphatic heterocycles. The zero-order valence-corrected chi connectivity index (χ0v) is 5.11. The highest BCUT2D eigenvalue weighted by Crippen LogP contribution is 1.92. The standard InChI is InChI=1S/C4H7N5O/c5-3-1-9(2-10)8-7-4(3)6/h1-2,8H,5H2,(H2,6,7). The SMILES string of the molecule is NC1=CN(C=O)NN=C1N. The molecule has 0 saturated carbocycles. The summed E-state index contributed by atoms with van der Waals surface area (Å²) in [5.41, 5.74) is 13.1. The fraction of sp³-hybridized carbons (Fsp3) is 0. The Bertz CT molecular complexity index is 208. The van der Waals surface area contributed by atoms with E-state index in [1.807, 2.05) is 0 Å². The van der Waals surface area contributed by atoms with Gasteiger partial charge in [-0.15, -0.1) is 5.10 Å². The Morgan fingerprint density at radius 1 is 1.70 bits per heavy atom. The van der Waals surface area contributed by atoms with E-state index in [0.29, 0.717) is 6.41 Å². The molecule has 10 heavy (non-hydrogen) atoms. The molecule has 0 radical (unpaired) electrons. The summed E-state index contributed by atoms with van der Waals surface area (Å²) in [6, 6.07) is 0. The summed E-state index contributed by atoms with van der Waals surface area (Å²) in [5, 5.41) is 4.57. The van der Waals surface area contributed by atoms with Crippen LogP contribution in [0.15, 0.2) is 17.0 Å². The number of nitrogens with one attached hydrogen (secondary N) is 1. The molecule has 0 saturated heterocycles. The summed E-state index contributed by atoms with van der Waals surface area (Å²) in [5.74, 6) is 0.179. The van der Waals surface area contributed by atoms with Gasteiger partial charge in [0.15, 0.2) is 5.84 Å². The molecule has 0 aromatic carbocycles. The number of hydrazine groups is 1. The molecule has 0 spiro atoms. The van der Waals surface area contributed by atoms with Crippen LogP contribution in [0.5, 0.6) is 0 Å². The Kier molecular flexibility index (Phi) is 1.44. The van der Waals surface area contributed by atoms with Gasteiger partial charge in [-0.2, -0.15) is 0 Å². The average molecular weight is 141 g/mol. The number of hydrogen-bond acceptors (Lipinski definition) is 5. The molecule has 0 aliphatic carbocycles. The first-order valence-electron chi connectivity index (χ1n) is 2.54. The van der Waals surface area contributed by atoms with E-state index in [2.05, 4.69) is 10.6 Å². The summed E-state index contributed by atoms with van der Waals surface area (Å²) in [6.45, 7) is 0. The van der Waals surface area contributed by atoms with E-state index in [4.69, 9.17) is 11.5 Å². The van der Waals surface area contributed by atoms with E-state index < -0.39 is 0 Å². The first-order chi connectivity index (χ1) is 4.74. The van der Waals surface area contributed by atoms with Crippen molar-refractivity contribution in [3.63, 3.8) is 0 Å². The fourth-order valence-electron chi connectivity index (χ4n) is 0.475. The minimum atomic E-state index is 0.179. The minimum Gasteiger partial charge on any atom is -0.394 e. The Balaban J connectivity index is 2.75. The van der Waals surface area contributed by atoms with Crippen LogP contribution < -0.4 is 17.0 Å². The van der Waals surface area contributed by atoms with Crippen LogP contribution >= 0.6 is 0 Å². The zero-order chi connectivity index (χ0) is 7.56. The summed E-state index contributed by atoms with van der Waals surface area (Å²) >= 11 is 0. The average Bonchev–Trinajstić information content (AvgIpc) is 1.95. The molecule has 0 aromatic heterocycles. The lowest BCUT2D eigenvalue weighted by molar-refractivity contribution is -0.118. The maximum atomic E-state index is 10.1. The lowest BCUT2D eigenvalue weighted by atomic mass is 10.4.